The molecule has 0 aliphatic rings. The highest BCUT2D eigenvalue weighted by atomic mass is 16.3. The van der Waals surface area contributed by atoms with Crippen molar-refractivity contribution in [2.45, 2.75) is 6.10 Å². The monoisotopic (exact) mass is 138 g/mol. The van der Waals surface area contributed by atoms with Crippen molar-refractivity contribution >= 4 is 5.78 Å². The van der Waals surface area contributed by atoms with Crippen LogP contribution >= 0.6 is 0 Å². The van der Waals surface area contributed by atoms with Crippen molar-refractivity contribution in [2.75, 3.05) is 13.2 Å². The molecule has 56 valence electrons. The minimum atomic E-state index is -1.42. The van der Waals surface area contributed by atoms with Gasteiger partial charge in [0.25, 0.3) is 0 Å². The minimum absolute atomic E-state index is 0. The van der Waals surface area contributed by atoms with Gasteiger partial charge in [-0.05, 0) is 0 Å². The van der Waals surface area contributed by atoms with Gasteiger partial charge >= 0.3 is 0 Å². The molecule has 5 heteroatoms. The van der Waals surface area contributed by atoms with Crippen molar-refractivity contribution in [3.63, 3.8) is 0 Å². The van der Waals surface area contributed by atoms with Crippen molar-refractivity contribution in [3.05, 3.63) is 0 Å². The molecule has 0 saturated carbocycles. The third-order valence-corrected chi connectivity index (χ3v) is 0.700. The lowest BCUT2D eigenvalue weighted by molar-refractivity contribution is -0.131. The third-order valence-electron chi connectivity index (χ3n) is 0.700. The zero-order valence-electron chi connectivity index (χ0n) is 4.74. The molecule has 9 heavy (non-hydrogen) atoms. The van der Waals surface area contributed by atoms with Crippen LogP contribution in [0.15, 0.2) is 0 Å². The average molecular weight is 138 g/mol. The van der Waals surface area contributed by atoms with E-state index >= 15 is 0 Å². The topological polar surface area (TPSA) is 109 Å². The zero-order valence-corrected chi connectivity index (χ0v) is 4.74. The van der Waals surface area contributed by atoms with Gasteiger partial charge in [0.2, 0.25) is 0 Å². The summed E-state index contributed by atoms with van der Waals surface area (Å²) in [6.45, 7) is -1.35. The molecule has 0 spiro atoms. The van der Waals surface area contributed by atoms with E-state index in [0.717, 1.165) is 0 Å². The SMILES string of the molecule is O.O=C(CO)[C@@H](O)CO. The van der Waals surface area contributed by atoms with Crippen LogP contribution in [0.25, 0.3) is 0 Å². The van der Waals surface area contributed by atoms with Crippen LogP contribution < -0.4 is 0 Å². The summed E-state index contributed by atoms with van der Waals surface area (Å²) in [5, 5.41) is 24.4. The maximum absolute atomic E-state index is 10.1. The summed E-state index contributed by atoms with van der Waals surface area (Å²) >= 11 is 0. The molecule has 0 bridgehead atoms. The molecule has 0 amide bonds. The lowest BCUT2D eigenvalue weighted by Gasteiger charge is -2.00. The molecule has 0 heterocycles. The number of carbonyl (C=O) groups is 1. The number of carbonyl (C=O) groups excluding carboxylic acids is 1. The number of hydrogen-bond donors (Lipinski definition) is 3. The van der Waals surface area contributed by atoms with Crippen LogP contribution in [0.2, 0.25) is 0 Å². The first-order valence-corrected chi connectivity index (χ1v) is 2.15. The number of aliphatic hydroxyl groups excluding tert-OH is 3. The van der Waals surface area contributed by atoms with E-state index in [1.165, 1.54) is 0 Å². The zero-order chi connectivity index (χ0) is 6.57. The maximum Gasteiger partial charge on any atom is 0.188 e. The van der Waals surface area contributed by atoms with Crippen LogP contribution in [0.3, 0.4) is 0 Å². The summed E-state index contributed by atoms with van der Waals surface area (Å²) in [5.41, 5.74) is 0. The van der Waals surface area contributed by atoms with Gasteiger partial charge < -0.3 is 20.8 Å². The van der Waals surface area contributed by atoms with E-state index in [0.29, 0.717) is 0 Å². The smallest absolute Gasteiger partial charge is 0.188 e. The van der Waals surface area contributed by atoms with Crippen molar-refractivity contribution in [3.8, 4) is 0 Å². The number of aliphatic hydroxyl groups is 3. The highest BCUT2D eigenvalue weighted by molar-refractivity contribution is 5.83. The lowest BCUT2D eigenvalue weighted by Crippen LogP contribution is -2.26. The Morgan fingerprint density at radius 2 is 1.89 bits per heavy atom. The summed E-state index contributed by atoms with van der Waals surface area (Å²) in [6.07, 6.45) is -1.42. The first kappa shape index (κ1) is 11.3. The first-order valence-electron chi connectivity index (χ1n) is 2.15. The molecule has 0 aliphatic heterocycles. The van der Waals surface area contributed by atoms with Gasteiger partial charge in [-0.2, -0.15) is 0 Å². The van der Waals surface area contributed by atoms with E-state index in [2.05, 4.69) is 0 Å². The summed E-state index contributed by atoms with van der Waals surface area (Å²) in [7, 11) is 0. The summed E-state index contributed by atoms with van der Waals surface area (Å²) < 4.78 is 0. The molecule has 0 rings (SSSR count). The van der Waals surface area contributed by atoms with Crippen molar-refractivity contribution in [1.82, 2.24) is 0 Å². The Labute approximate surface area is 51.9 Å². The molecule has 0 aromatic rings. The van der Waals surface area contributed by atoms with E-state index < -0.39 is 25.1 Å². The Balaban J connectivity index is 0. The molecule has 1 atom stereocenters. The van der Waals surface area contributed by atoms with Gasteiger partial charge in [0.05, 0.1) is 6.61 Å². The molecule has 5 nitrogen and oxygen atoms in total. The second-order valence-electron chi connectivity index (χ2n) is 1.32. The summed E-state index contributed by atoms with van der Waals surface area (Å²) in [6, 6.07) is 0. The molecule has 0 aliphatic carbocycles. The molecule has 5 N–H and O–H groups in total. The molecule has 0 unspecified atom stereocenters. The molecule has 0 fully saturated rings. The minimum Gasteiger partial charge on any atom is -0.412 e. The van der Waals surface area contributed by atoms with Crippen LogP contribution in [0, 0.1) is 0 Å². The third kappa shape index (κ3) is 4.04. The Bertz CT molecular complexity index is 81.0. The fourth-order valence-electron chi connectivity index (χ4n) is 0.207. The quantitative estimate of drug-likeness (QED) is 0.388. The van der Waals surface area contributed by atoms with Gasteiger partial charge in [0.1, 0.15) is 12.7 Å². The van der Waals surface area contributed by atoms with Crippen LogP contribution in [0.5, 0.6) is 0 Å². The molecule has 0 aromatic carbocycles. The van der Waals surface area contributed by atoms with Crippen LogP contribution in [0.4, 0.5) is 0 Å². The number of Topliss-reactive ketones (excluding diaryl/α,β-unsaturated/α-hetero) is 1. The van der Waals surface area contributed by atoms with Gasteiger partial charge in [-0.25, -0.2) is 0 Å². The molecular formula is C4H10O5. The molecule has 0 saturated heterocycles. The summed E-state index contributed by atoms with van der Waals surface area (Å²) in [5.74, 6) is -0.757. The molecular weight excluding hydrogens is 128 g/mol. The van der Waals surface area contributed by atoms with E-state index in [9.17, 15) is 4.79 Å². The fourth-order valence-corrected chi connectivity index (χ4v) is 0.207. The van der Waals surface area contributed by atoms with E-state index in [4.69, 9.17) is 15.3 Å². The first-order chi connectivity index (χ1) is 3.72. The predicted octanol–water partition coefficient (Wildman–Crippen LogP) is -2.92. The van der Waals surface area contributed by atoms with Gasteiger partial charge in [-0.15, -0.1) is 0 Å². The van der Waals surface area contributed by atoms with Gasteiger partial charge in [-0.3, -0.25) is 4.79 Å². The standard InChI is InChI=1S/C4H8O4.H2O/c5-1-3(7)4(8)2-6;/h3,5-7H,1-2H2;1H2/t3-;/m0./s1. The van der Waals surface area contributed by atoms with Crippen LogP contribution in [-0.2, 0) is 4.79 Å². The van der Waals surface area contributed by atoms with E-state index in [-0.39, 0.29) is 5.48 Å². The van der Waals surface area contributed by atoms with Crippen molar-refractivity contribution in [2.24, 2.45) is 0 Å². The normalized spacial score (nSPS) is 11.9. The maximum atomic E-state index is 10.1. The fraction of sp³-hybridized carbons (Fsp3) is 0.750. The number of ketones is 1. The second-order valence-corrected chi connectivity index (χ2v) is 1.32. The Morgan fingerprint density at radius 1 is 1.44 bits per heavy atom. The number of hydrogen-bond acceptors (Lipinski definition) is 4. The highest BCUT2D eigenvalue weighted by Gasteiger charge is 2.10. The van der Waals surface area contributed by atoms with Gasteiger partial charge in [-0.1, -0.05) is 0 Å². The summed E-state index contributed by atoms with van der Waals surface area (Å²) in [4.78, 5) is 10.1. The van der Waals surface area contributed by atoms with E-state index in [1.807, 2.05) is 0 Å². The van der Waals surface area contributed by atoms with Gasteiger partial charge in [0, 0.05) is 0 Å². The van der Waals surface area contributed by atoms with Crippen molar-refractivity contribution < 1.29 is 25.6 Å². The van der Waals surface area contributed by atoms with Crippen LogP contribution in [-0.4, -0.2) is 45.9 Å². The Morgan fingerprint density at radius 3 is 2.00 bits per heavy atom. The average Bonchev–Trinajstić information content (AvgIpc) is 1.84. The molecule has 0 radical (unpaired) electrons. The second kappa shape index (κ2) is 5.64. The largest absolute Gasteiger partial charge is 0.412 e. The highest BCUT2D eigenvalue weighted by Crippen LogP contribution is 1.80. The van der Waals surface area contributed by atoms with Crippen molar-refractivity contribution in [1.29, 1.82) is 0 Å². The van der Waals surface area contributed by atoms with Gasteiger partial charge in [0.15, 0.2) is 5.78 Å². The lowest BCUT2D eigenvalue weighted by atomic mass is 10.3. The Kier molecular flexibility index (Phi) is 7.10. The predicted molar refractivity (Wildman–Crippen MR) is 28.8 cm³/mol. The number of rotatable bonds is 3. The van der Waals surface area contributed by atoms with Crippen LogP contribution in [0.1, 0.15) is 0 Å². The molecule has 0 aromatic heterocycles. The Hall–Kier alpha value is -0.490. The van der Waals surface area contributed by atoms with E-state index in [1.54, 1.807) is 0 Å².